The van der Waals surface area contributed by atoms with Crippen LogP contribution >= 0.6 is 0 Å². The Kier molecular flexibility index (Phi) is 18.5. The van der Waals surface area contributed by atoms with Crippen molar-refractivity contribution < 1.29 is 9.90 Å². The summed E-state index contributed by atoms with van der Waals surface area (Å²) in [4.78, 5) is 9.79. The lowest BCUT2D eigenvalue weighted by Gasteiger charge is -2.03. The van der Waals surface area contributed by atoms with E-state index in [0.29, 0.717) is 6.04 Å². The molecular weight excluding hydrogens is 238 g/mol. The van der Waals surface area contributed by atoms with Gasteiger partial charge in [0.2, 0.25) is 0 Å². The van der Waals surface area contributed by atoms with E-state index in [0.717, 1.165) is 12.8 Å². The zero-order valence-corrected chi connectivity index (χ0v) is 13.0. The van der Waals surface area contributed by atoms with Gasteiger partial charge in [-0.25, -0.2) is 4.79 Å². The van der Waals surface area contributed by atoms with E-state index in [9.17, 15) is 4.79 Å². The third-order valence-corrected chi connectivity index (χ3v) is 2.73. The van der Waals surface area contributed by atoms with E-state index in [-0.39, 0.29) is 0 Å². The Bertz CT molecular complexity index is 213. The maximum atomic E-state index is 9.79. The van der Waals surface area contributed by atoms with Crippen molar-refractivity contribution in [3.05, 3.63) is 12.2 Å². The predicted molar refractivity (Wildman–Crippen MR) is 83.3 cm³/mol. The highest BCUT2D eigenvalue weighted by Gasteiger charge is 1.93. The van der Waals surface area contributed by atoms with Crippen LogP contribution in [-0.2, 0) is 4.79 Å². The molecule has 0 aliphatic rings. The van der Waals surface area contributed by atoms with Gasteiger partial charge < -0.3 is 10.8 Å². The maximum Gasteiger partial charge on any atom is 0.327 e. The molecule has 0 aromatic carbocycles. The number of nitrogens with two attached hydrogens (primary N) is 1. The van der Waals surface area contributed by atoms with Gasteiger partial charge in [-0.1, -0.05) is 64.9 Å². The highest BCUT2D eigenvalue weighted by Crippen LogP contribution is 2.07. The van der Waals surface area contributed by atoms with Gasteiger partial charge in [-0.15, -0.1) is 0 Å². The lowest BCUT2D eigenvalue weighted by molar-refractivity contribution is -0.131. The molecule has 0 spiro atoms. The highest BCUT2D eigenvalue weighted by molar-refractivity contribution is 5.79. The van der Waals surface area contributed by atoms with Crippen molar-refractivity contribution in [2.24, 2.45) is 5.73 Å². The van der Waals surface area contributed by atoms with Gasteiger partial charge in [-0.3, -0.25) is 0 Å². The van der Waals surface area contributed by atoms with E-state index in [2.05, 4.69) is 13.8 Å². The summed E-state index contributed by atoms with van der Waals surface area (Å²) >= 11 is 0. The van der Waals surface area contributed by atoms with Gasteiger partial charge in [0.25, 0.3) is 0 Å². The molecule has 0 amide bonds. The van der Waals surface area contributed by atoms with Gasteiger partial charge in [0.1, 0.15) is 0 Å². The second kappa shape index (κ2) is 17.2. The number of aliphatic carboxylic acids is 1. The standard InChI is InChI=1S/C10H23N.C6H10O2/c1-3-4-5-6-7-8-9-10(2)11;1-2-3-4-5-6(7)8/h10H,3-9,11H2,1-2H3;4-5H,2-3H2,1H3,(H,7,8). The Morgan fingerprint density at radius 2 is 1.68 bits per heavy atom. The lowest BCUT2D eigenvalue weighted by Crippen LogP contribution is -2.13. The Labute approximate surface area is 119 Å². The van der Waals surface area contributed by atoms with Gasteiger partial charge in [0.15, 0.2) is 0 Å². The molecule has 0 saturated carbocycles. The third-order valence-electron chi connectivity index (χ3n) is 2.73. The number of hydrogen-bond donors (Lipinski definition) is 2. The summed E-state index contributed by atoms with van der Waals surface area (Å²) in [6.07, 6.45) is 14.1. The van der Waals surface area contributed by atoms with E-state index in [1.54, 1.807) is 6.08 Å². The molecule has 114 valence electrons. The molecule has 3 nitrogen and oxygen atoms in total. The van der Waals surface area contributed by atoms with Gasteiger partial charge in [-0.05, 0) is 19.8 Å². The fourth-order valence-electron chi connectivity index (χ4n) is 1.60. The molecule has 1 unspecified atom stereocenters. The van der Waals surface area contributed by atoms with Crippen molar-refractivity contribution in [3.63, 3.8) is 0 Å². The second-order valence-electron chi connectivity index (χ2n) is 5.06. The number of carbonyl (C=O) groups is 1. The van der Waals surface area contributed by atoms with Crippen LogP contribution in [0.4, 0.5) is 0 Å². The minimum atomic E-state index is -0.863. The van der Waals surface area contributed by atoms with E-state index in [1.807, 2.05) is 6.92 Å². The molecular formula is C16H33NO2. The third kappa shape index (κ3) is 26.7. The van der Waals surface area contributed by atoms with E-state index in [4.69, 9.17) is 10.8 Å². The Morgan fingerprint density at radius 1 is 1.11 bits per heavy atom. The molecule has 0 aliphatic carbocycles. The predicted octanol–water partition coefficient (Wildman–Crippen LogP) is 4.51. The molecule has 1 atom stereocenters. The quantitative estimate of drug-likeness (QED) is 0.454. The van der Waals surface area contributed by atoms with Gasteiger partial charge in [0.05, 0.1) is 0 Å². The van der Waals surface area contributed by atoms with Crippen LogP contribution in [0.25, 0.3) is 0 Å². The molecule has 0 fully saturated rings. The van der Waals surface area contributed by atoms with Gasteiger partial charge in [0, 0.05) is 12.1 Å². The fraction of sp³-hybridized carbons (Fsp3) is 0.812. The number of allylic oxidation sites excluding steroid dienone is 1. The lowest BCUT2D eigenvalue weighted by atomic mass is 10.1. The second-order valence-corrected chi connectivity index (χ2v) is 5.06. The van der Waals surface area contributed by atoms with Crippen LogP contribution < -0.4 is 5.73 Å². The number of unbranched alkanes of at least 4 members (excludes halogenated alkanes) is 6. The Hall–Kier alpha value is -0.830. The largest absolute Gasteiger partial charge is 0.478 e. The summed E-state index contributed by atoms with van der Waals surface area (Å²) in [7, 11) is 0. The maximum absolute atomic E-state index is 9.79. The zero-order chi connectivity index (χ0) is 14.9. The molecule has 0 rings (SSSR count). The first kappa shape index (κ1) is 20.5. The van der Waals surface area contributed by atoms with Crippen molar-refractivity contribution in [3.8, 4) is 0 Å². The summed E-state index contributed by atoms with van der Waals surface area (Å²) in [5, 5.41) is 8.05. The van der Waals surface area contributed by atoms with Crippen LogP contribution in [0.1, 0.15) is 78.6 Å². The van der Waals surface area contributed by atoms with Crippen molar-refractivity contribution in [1.82, 2.24) is 0 Å². The van der Waals surface area contributed by atoms with Crippen molar-refractivity contribution >= 4 is 5.97 Å². The van der Waals surface area contributed by atoms with E-state index < -0.39 is 5.97 Å². The molecule has 19 heavy (non-hydrogen) atoms. The average molecular weight is 271 g/mol. The Morgan fingerprint density at radius 3 is 2.16 bits per heavy atom. The zero-order valence-electron chi connectivity index (χ0n) is 13.0. The van der Waals surface area contributed by atoms with Crippen LogP contribution in [0, 0.1) is 0 Å². The minimum Gasteiger partial charge on any atom is -0.478 e. The molecule has 3 N–H and O–H groups in total. The number of carboxylic acid groups (broad SMARTS) is 1. The SMILES string of the molecule is CCCC=CC(=O)O.CCCCCCCCC(C)N. The van der Waals surface area contributed by atoms with Crippen LogP contribution in [0.3, 0.4) is 0 Å². The summed E-state index contributed by atoms with van der Waals surface area (Å²) in [5.74, 6) is -0.863. The molecule has 0 aliphatic heterocycles. The number of rotatable bonds is 10. The molecule has 0 aromatic rings. The molecule has 0 saturated heterocycles. The normalized spacial score (nSPS) is 12.0. The first-order chi connectivity index (χ1) is 9.04. The topological polar surface area (TPSA) is 63.3 Å². The number of carboxylic acids is 1. The van der Waals surface area contributed by atoms with Crippen molar-refractivity contribution in [2.45, 2.75) is 84.6 Å². The monoisotopic (exact) mass is 271 g/mol. The van der Waals surface area contributed by atoms with Gasteiger partial charge >= 0.3 is 5.97 Å². The fourth-order valence-corrected chi connectivity index (χ4v) is 1.60. The summed E-state index contributed by atoms with van der Waals surface area (Å²) in [6.45, 7) is 6.35. The average Bonchev–Trinajstić information content (AvgIpc) is 2.34. The van der Waals surface area contributed by atoms with E-state index in [1.165, 1.54) is 51.0 Å². The van der Waals surface area contributed by atoms with Crippen molar-refractivity contribution in [1.29, 1.82) is 0 Å². The molecule has 3 heteroatoms. The first-order valence-corrected chi connectivity index (χ1v) is 7.69. The summed E-state index contributed by atoms with van der Waals surface area (Å²) < 4.78 is 0. The minimum absolute atomic E-state index is 0.404. The van der Waals surface area contributed by atoms with E-state index >= 15 is 0 Å². The van der Waals surface area contributed by atoms with Crippen LogP contribution in [0.15, 0.2) is 12.2 Å². The highest BCUT2D eigenvalue weighted by atomic mass is 16.4. The van der Waals surface area contributed by atoms with Crippen LogP contribution in [-0.4, -0.2) is 17.1 Å². The molecule has 0 bridgehead atoms. The molecule has 0 aromatic heterocycles. The molecule has 0 heterocycles. The Balaban J connectivity index is 0. The first-order valence-electron chi connectivity index (χ1n) is 7.69. The van der Waals surface area contributed by atoms with Crippen LogP contribution in [0.2, 0.25) is 0 Å². The van der Waals surface area contributed by atoms with Gasteiger partial charge in [-0.2, -0.15) is 0 Å². The molecule has 0 radical (unpaired) electrons. The smallest absolute Gasteiger partial charge is 0.327 e. The summed E-state index contributed by atoms with van der Waals surface area (Å²) in [5.41, 5.74) is 5.63. The number of hydrogen-bond acceptors (Lipinski definition) is 2. The van der Waals surface area contributed by atoms with Crippen LogP contribution in [0.5, 0.6) is 0 Å². The summed E-state index contributed by atoms with van der Waals surface area (Å²) in [6, 6.07) is 0.404. The van der Waals surface area contributed by atoms with Crippen molar-refractivity contribution in [2.75, 3.05) is 0 Å².